The van der Waals surface area contributed by atoms with Crippen molar-refractivity contribution in [3.8, 4) is 5.75 Å². The van der Waals surface area contributed by atoms with Gasteiger partial charge in [0, 0.05) is 6.54 Å². The van der Waals surface area contributed by atoms with E-state index in [1.807, 2.05) is 38.1 Å². The van der Waals surface area contributed by atoms with Gasteiger partial charge in [0.25, 0.3) is 0 Å². The van der Waals surface area contributed by atoms with E-state index in [4.69, 9.17) is 4.74 Å². The van der Waals surface area contributed by atoms with Crippen LogP contribution in [-0.4, -0.2) is 25.3 Å². The summed E-state index contributed by atoms with van der Waals surface area (Å²) in [6, 6.07) is 7.59. The van der Waals surface area contributed by atoms with Crippen LogP contribution in [0.5, 0.6) is 5.75 Å². The lowest BCUT2D eigenvalue weighted by Gasteiger charge is -2.27. The molecule has 0 heterocycles. The average Bonchev–Trinajstić information content (AvgIpc) is 2.36. The molecule has 0 saturated heterocycles. The maximum Gasteiger partial charge on any atom is 0.118 e. The summed E-state index contributed by atoms with van der Waals surface area (Å²) in [5.41, 5.74) is 0.138. The normalized spacial score (nSPS) is 14.5. The molecule has 16 heavy (non-hydrogen) atoms. The monoisotopic (exact) mass is 223 g/mol. The van der Waals surface area contributed by atoms with Crippen molar-refractivity contribution in [1.82, 2.24) is 5.32 Å². The van der Waals surface area contributed by atoms with Crippen LogP contribution >= 0.6 is 0 Å². The van der Waals surface area contributed by atoms with Crippen LogP contribution in [0.4, 0.5) is 0 Å². The molecule has 90 valence electrons. The molecule has 0 aromatic heterocycles. The van der Waals surface area contributed by atoms with Crippen molar-refractivity contribution in [2.75, 3.05) is 20.2 Å². The van der Waals surface area contributed by atoms with Crippen LogP contribution in [0.1, 0.15) is 25.8 Å². The number of methoxy groups -OCH3 is 1. The third kappa shape index (κ3) is 2.97. The lowest BCUT2D eigenvalue weighted by molar-refractivity contribution is 0.0332. The highest BCUT2D eigenvalue weighted by molar-refractivity contribution is 5.31. The maximum atomic E-state index is 10.5. The van der Waals surface area contributed by atoms with E-state index < -0.39 is 5.60 Å². The Labute approximate surface area is 97.4 Å². The molecule has 3 heteroatoms. The molecule has 0 saturated carbocycles. The number of benzene rings is 1. The fourth-order valence-electron chi connectivity index (χ4n) is 1.66. The first-order valence-corrected chi connectivity index (χ1v) is 5.74. The highest BCUT2D eigenvalue weighted by Crippen LogP contribution is 2.25. The van der Waals surface area contributed by atoms with E-state index in [9.17, 15) is 5.11 Å². The fraction of sp³-hybridized carbons (Fsp3) is 0.538. The van der Waals surface area contributed by atoms with Gasteiger partial charge in [-0.15, -0.1) is 0 Å². The van der Waals surface area contributed by atoms with Crippen molar-refractivity contribution in [2.45, 2.75) is 25.9 Å². The van der Waals surface area contributed by atoms with E-state index in [2.05, 4.69) is 5.32 Å². The second-order valence-electron chi connectivity index (χ2n) is 3.89. The summed E-state index contributed by atoms with van der Waals surface area (Å²) in [4.78, 5) is 0. The molecule has 1 aromatic rings. The summed E-state index contributed by atoms with van der Waals surface area (Å²) in [5, 5.41) is 13.7. The van der Waals surface area contributed by atoms with Gasteiger partial charge in [0.2, 0.25) is 0 Å². The SMILES string of the molecule is CCNCC(O)(CC)c1ccc(OC)cc1. The van der Waals surface area contributed by atoms with Crippen molar-refractivity contribution in [3.05, 3.63) is 29.8 Å². The first kappa shape index (κ1) is 13.0. The van der Waals surface area contributed by atoms with E-state index in [1.165, 1.54) is 0 Å². The summed E-state index contributed by atoms with van der Waals surface area (Å²) >= 11 is 0. The minimum atomic E-state index is -0.789. The van der Waals surface area contributed by atoms with Crippen molar-refractivity contribution in [1.29, 1.82) is 0 Å². The Bertz CT molecular complexity index is 310. The van der Waals surface area contributed by atoms with Crippen LogP contribution in [-0.2, 0) is 5.60 Å². The Morgan fingerprint density at radius 2 is 1.88 bits per heavy atom. The Morgan fingerprint density at radius 1 is 1.25 bits per heavy atom. The molecule has 1 rings (SSSR count). The lowest BCUT2D eigenvalue weighted by Crippen LogP contribution is -2.37. The third-order valence-corrected chi connectivity index (χ3v) is 2.88. The quantitative estimate of drug-likeness (QED) is 0.774. The number of aliphatic hydroxyl groups is 1. The Morgan fingerprint density at radius 3 is 2.31 bits per heavy atom. The molecule has 0 radical (unpaired) electrons. The van der Waals surface area contributed by atoms with Crippen LogP contribution in [0.2, 0.25) is 0 Å². The van der Waals surface area contributed by atoms with Gasteiger partial charge < -0.3 is 15.2 Å². The Hall–Kier alpha value is -1.06. The number of hydrogen-bond acceptors (Lipinski definition) is 3. The second-order valence-corrected chi connectivity index (χ2v) is 3.89. The molecule has 0 aliphatic heterocycles. The topological polar surface area (TPSA) is 41.5 Å². The molecule has 0 fully saturated rings. The van der Waals surface area contributed by atoms with Gasteiger partial charge in [-0.1, -0.05) is 26.0 Å². The number of rotatable bonds is 6. The third-order valence-electron chi connectivity index (χ3n) is 2.88. The zero-order valence-electron chi connectivity index (χ0n) is 10.3. The molecule has 0 bridgehead atoms. The smallest absolute Gasteiger partial charge is 0.118 e. The van der Waals surface area contributed by atoms with Crippen LogP contribution in [0.3, 0.4) is 0 Å². The molecular weight excluding hydrogens is 202 g/mol. The summed E-state index contributed by atoms with van der Waals surface area (Å²) in [6.45, 7) is 5.45. The molecule has 1 atom stereocenters. The van der Waals surface area contributed by atoms with Gasteiger partial charge in [-0.2, -0.15) is 0 Å². The zero-order valence-corrected chi connectivity index (χ0v) is 10.3. The summed E-state index contributed by atoms with van der Waals surface area (Å²) in [5.74, 6) is 0.811. The van der Waals surface area contributed by atoms with E-state index >= 15 is 0 Å². The molecule has 3 nitrogen and oxygen atoms in total. The van der Waals surface area contributed by atoms with Crippen molar-refractivity contribution in [3.63, 3.8) is 0 Å². The number of nitrogens with one attached hydrogen (secondary N) is 1. The molecule has 2 N–H and O–H groups in total. The lowest BCUT2D eigenvalue weighted by atomic mass is 9.91. The average molecular weight is 223 g/mol. The number of likely N-dealkylation sites (N-methyl/N-ethyl adjacent to an activating group) is 1. The standard InChI is InChI=1S/C13H21NO2/c1-4-13(15,10-14-5-2)11-6-8-12(16-3)9-7-11/h6-9,14-15H,4-5,10H2,1-3H3. The van der Waals surface area contributed by atoms with Gasteiger partial charge in [-0.3, -0.25) is 0 Å². The van der Waals surface area contributed by atoms with E-state index in [0.717, 1.165) is 17.9 Å². The summed E-state index contributed by atoms with van der Waals surface area (Å²) in [6.07, 6.45) is 0.687. The summed E-state index contributed by atoms with van der Waals surface area (Å²) in [7, 11) is 1.64. The first-order valence-electron chi connectivity index (χ1n) is 5.74. The predicted molar refractivity (Wildman–Crippen MR) is 65.7 cm³/mol. The molecule has 0 amide bonds. The van der Waals surface area contributed by atoms with Crippen LogP contribution in [0.15, 0.2) is 24.3 Å². The molecular formula is C13H21NO2. The number of ether oxygens (including phenoxy) is 1. The highest BCUT2D eigenvalue weighted by atomic mass is 16.5. The van der Waals surface area contributed by atoms with E-state index in [-0.39, 0.29) is 0 Å². The second kappa shape index (κ2) is 5.87. The summed E-state index contributed by atoms with van der Waals surface area (Å²) < 4.78 is 5.10. The van der Waals surface area contributed by atoms with Crippen molar-refractivity contribution >= 4 is 0 Å². The zero-order chi connectivity index (χ0) is 12.0. The maximum absolute atomic E-state index is 10.5. The Balaban J connectivity index is 2.84. The molecule has 0 spiro atoms. The largest absolute Gasteiger partial charge is 0.497 e. The van der Waals surface area contributed by atoms with Gasteiger partial charge in [-0.05, 0) is 30.7 Å². The van der Waals surface area contributed by atoms with Crippen LogP contribution in [0, 0.1) is 0 Å². The first-order chi connectivity index (χ1) is 7.66. The molecule has 0 aliphatic carbocycles. The molecule has 1 aromatic carbocycles. The van der Waals surface area contributed by atoms with Gasteiger partial charge in [-0.25, -0.2) is 0 Å². The number of hydrogen-bond donors (Lipinski definition) is 2. The van der Waals surface area contributed by atoms with Crippen LogP contribution < -0.4 is 10.1 Å². The van der Waals surface area contributed by atoms with Crippen molar-refractivity contribution < 1.29 is 9.84 Å². The fourth-order valence-corrected chi connectivity index (χ4v) is 1.66. The molecule has 1 unspecified atom stereocenters. The molecule has 0 aliphatic rings. The van der Waals surface area contributed by atoms with Crippen molar-refractivity contribution in [2.24, 2.45) is 0 Å². The minimum Gasteiger partial charge on any atom is -0.497 e. The van der Waals surface area contributed by atoms with Gasteiger partial charge in [0.05, 0.1) is 7.11 Å². The van der Waals surface area contributed by atoms with Crippen LogP contribution in [0.25, 0.3) is 0 Å². The van der Waals surface area contributed by atoms with Gasteiger partial charge in [0.15, 0.2) is 0 Å². The van der Waals surface area contributed by atoms with E-state index in [0.29, 0.717) is 13.0 Å². The predicted octanol–water partition coefficient (Wildman–Crippen LogP) is 1.90. The highest BCUT2D eigenvalue weighted by Gasteiger charge is 2.26. The van der Waals surface area contributed by atoms with Gasteiger partial charge >= 0.3 is 0 Å². The Kier molecular flexibility index (Phi) is 4.77. The van der Waals surface area contributed by atoms with Gasteiger partial charge in [0.1, 0.15) is 11.4 Å². The minimum absolute atomic E-state index is 0.576. The van der Waals surface area contributed by atoms with E-state index in [1.54, 1.807) is 7.11 Å².